The number of carbonyl (C=O) groups excluding carboxylic acids is 2. The summed E-state index contributed by atoms with van der Waals surface area (Å²) in [5.41, 5.74) is 2.55. The van der Waals surface area contributed by atoms with Gasteiger partial charge in [-0.3, -0.25) is 14.5 Å². The van der Waals surface area contributed by atoms with Crippen LogP contribution in [0.3, 0.4) is 0 Å². The van der Waals surface area contributed by atoms with Crippen molar-refractivity contribution in [2.45, 2.75) is 56.1 Å². The molecule has 1 N–H and O–H groups in total. The molecule has 5 aromatic rings. The van der Waals surface area contributed by atoms with Crippen molar-refractivity contribution in [3.8, 4) is 0 Å². The number of para-hydroxylation sites is 1. The molecule has 1 unspecified atom stereocenters. The van der Waals surface area contributed by atoms with E-state index in [1.807, 2.05) is 64.2 Å². The number of hydrogen-bond acceptors (Lipinski definition) is 6. The van der Waals surface area contributed by atoms with Crippen LogP contribution in [0.1, 0.15) is 87.5 Å². The van der Waals surface area contributed by atoms with E-state index in [0.29, 0.717) is 40.6 Å². The minimum absolute atomic E-state index is 0.144. The van der Waals surface area contributed by atoms with E-state index in [2.05, 4.69) is 26.6 Å². The van der Waals surface area contributed by atoms with Gasteiger partial charge in [-0.05, 0) is 52.9 Å². The van der Waals surface area contributed by atoms with Gasteiger partial charge in [-0.2, -0.15) is 0 Å². The first-order valence-corrected chi connectivity index (χ1v) is 15.1. The fourth-order valence-corrected chi connectivity index (χ4v) is 7.84. The number of Topliss-reactive ketones (excluding diaryl/α,β-unsaturated/α-hetero) is 2. The average Bonchev–Trinajstić information content (AvgIpc) is 3.72. The van der Waals surface area contributed by atoms with Crippen molar-refractivity contribution in [2.75, 3.05) is 6.54 Å². The summed E-state index contributed by atoms with van der Waals surface area (Å²) in [5.74, 6) is 0.138. The van der Waals surface area contributed by atoms with E-state index in [-0.39, 0.29) is 17.6 Å². The van der Waals surface area contributed by atoms with Crippen LogP contribution in [0.2, 0.25) is 5.02 Å². The predicted octanol–water partition coefficient (Wildman–Crippen LogP) is 6.24. The number of rotatable bonds is 4. The number of halogens is 1. The van der Waals surface area contributed by atoms with Gasteiger partial charge in [0, 0.05) is 33.6 Å². The van der Waals surface area contributed by atoms with Crippen LogP contribution in [0, 0.1) is 0 Å². The predicted molar refractivity (Wildman–Crippen MR) is 159 cm³/mol. The summed E-state index contributed by atoms with van der Waals surface area (Å²) in [5, 5.41) is 14.8. The van der Waals surface area contributed by atoms with Gasteiger partial charge in [0.2, 0.25) is 0 Å². The monoisotopic (exact) mass is 576 g/mol. The third-order valence-corrected chi connectivity index (χ3v) is 9.82. The molecule has 1 spiro atoms. The molecule has 1 atom stereocenters. The van der Waals surface area contributed by atoms with E-state index >= 15 is 0 Å². The van der Waals surface area contributed by atoms with Crippen molar-refractivity contribution in [3.05, 3.63) is 112 Å². The lowest BCUT2D eigenvalue weighted by molar-refractivity contribution is 0.0314. The highest BCUT2D eigenvalue weighted by molar-refractivity contribution is 6.33. The average molecular weight is 577 g/mol. The van der Waals surface area contributed by atoms with Crippen LogP contribution in [-0.2, 0) is 12.0 Å². The lowest BCUT2D eigenvalue weighted by atomic mass is 9.78. The number of tetrazole rings is 1. The van der Waals surface area contributed by atoms with Gasteiger partial charge in [-0.1, -0.05) is 91.5 Å². The molecule has 0 amide bonds. The number of fused-ring (bicyclic) bond motifs is 5. The second-order valence-electron chi connectivity index (χ2n) is 11.6. The van der Waals surface area contributed by atoms with Crippen LogP contribution >= 0.6 is 11.6 Å². The van der Waals surface area contributed by atoms with Crippen molar-refractivity contribution in [1.82, 2.24) is 30.1 Å². The summed E-state index contributed by atoms with van der Waals surface area (Å²) >= 11 is 6.93. The van der Waals surface area contributed by atoms with E-state index in [4.69, 9.17) is 11.6 Å². The molecule has 9 heteroatoms. The topological polar surface area (TPSA) is 96.8 Å². The van der Waals surface area contributed by atoms with Crippen LogP contribution in [0.25, 0.3) is 10.9 Å². The lowest BCUT2D eigenvalue weighted by Crippen LogP contribution is -2.59. The van der Waals surface area contributed by atoms with Crippen LogP contribution < -0.4 is 0 Å². The largest absolute Gasteiger partial charge is 0.356 e. The van der Waals surface area contributed by atoms with Gasteiger partial charge < -0.3 is 4.98 Å². The van der Waals surface area contributed by atoms with Crippen LogP contribution in [0.15, 0.2) is 72.8 Å². The summed E-state index contributed by atoms with van der Waals surface area (Å²) in [4.78, 5) is 35.2. The molecule has 8 nitrogen and oxygen atoms in total. The number of aromatic amines is 1. The maximum atomic E-state index is 14.8. The Labute approximate surface area is 247 Å². The van der Waals surface area contributed by atoms with E-state index in [9.17, 15) is 9.59 Å². The highest BCUT2D eigenvalue weighted by Gasteiger charge is 2.63. The van der Waals surface area contributed by atoms with E-state index in [1.54, 1.807) is 12.1 Å². The molecule has 210 valence electrons. The van der Waals surface area contributed by atoms with Crippen molar-refractivity contribution in [1.29, 1.82) is 0 Å². The van der Waals surface area contributed by atoms with Crippen LogP contribution in [-0.4, -0.2) is 48.2 Å². The molecule has 2 aliphatic carbocycles. The molecule has 1 aliphatic heterocycles. The summed E-state index contributed by atoms with van der Waals surface area (Å²) in [6.07, 6.45) is 6.02. The highest BCUT2D eigenvalue weighted by Crippen LogP contribution is 2.52. The summed E-state index contributed by atoms with van der Waals surface area (Å²) in [6, 6.07) is 22.3. The van der Waals surface area contributed by atoms with Crippen molar-refractivity contribution in [2.24, 2.45) is 0 Å². The Morgan fingerprint density at radius 2 is 1.57 bits per heavy atom. The minimum atomic E-state index is -1.62. The quantitative estimate of drug-likeness (QED) is 0.255. The van der Waals surface area contributed by atoms with Gasteiger partial charge in [-0.25, -0.2) is 4.68 Å². The van der Waals surface area contributed by atoms with Gasteiger partial charge in [0.1, 0.15) is 6.04 Å². The van der Waals surface area contributed by atoms with E-state index in [1.165, 1.54) is 6.42 Å². The Balaban J connectivity index is 1.41. The molecular weight excluding hydrogens is 548 g/mol. The highest BCUT2D eigenvalue weighted by atomic mass is 35.5. The number of benzene rings is 3. The molecule has 1 fully saturated rings. The summed E-state index contributed by atoms with van der Waals surface area (Å²) in [6.45, 7) is 0.438. The summed E-state index contributed by atoms with van der Waals surface area (Å²) < 4.78 is 1.93. The normalized spacial score (nSPS) is 19.4. The SMILES string of the molecule is O=C1c2ccccc2C(=O)C12c1[nH]c3ccccc3c1CCN2C(c1ccccc1Cl)c1nnnn1C1CCCCC1. The fourth-order valence-electron chi connectivity index (χ4n) is 7.60. The van der Waals surface area contributed by atoms with Crippen LogP contribution in [0.4, 0.5) is 0 Å². The molecule has 42 heavy (non-hydrogen) atoms. The van der Waals surface area contributed by atoms with Crippen molar-refractivity contribution >= 4 is 34.1 Å². The van der Waals surface area contributed by atoms with Gasteiger partial charge in [0.15, 0.2) is 22.9 Å². The zero-order chi connectivity index (χ0) is 28.4. The summed E-state index contributed by atoms with van der Waals surface area (Å²) in [7, 11) is 0. The smallest absolute Gasteiger partial charge is 0.197 e. The van der Waals surface area contributed by atoms with Gasteiger partial charge in [0.25, 0.3) is 0 Å². The van der Waals surface area contributed by atoms with Crippen molar-refractivity contribution < 1.29 is 9.59 Å². The van der Waals surface area contributed by atoms with E-state index in [0.717, 1.165) is 47.7 Å². The van der Waals surface area contributed by atoms with E-state index < -0.39 is 11.6 Å². The molecule has 8 rings (SSSR count). The molecule has 1 saturated carbocycles. The zero-order valence-corrected chi connectivity index (χ0v) is 23.7. The number of nitrogens with one attached hydrogen (secondary N) is 1. The van der Waals surface area contributed by atoms with Gasteiger partial charge >= 0.3 is 0 Å². The number of carbonyl (C=O) groups is 2. The molecule has 0 radical (unpaired) electrons. The second-order valence-corrected chi connectivity index (χ2v) is 12.0. The van der Waals surface area contributed by atoms with Gasteiger partial charge in [0.05, 0.1) is 11.7 Å². The van der Waals surface area contributed by atoms with Crippen molar-refractivity contribution in [3.63, 3.8) is 0 Å². The molecule has 0 bridgehead atoms. The Kier molecular flexibility index (Phi) is 5.91. The molecular formula is C33H29ClN6O2. The van der Waals surface area contributed by atoms with Gasteiger partial charge in [-0.15, -0.1) is 5.10 Å². The lowest BCUT2D eigenvalue weighted by Gasteiger charge is -2.46. The number of hydrogen-bond donors (Lipinski definition) is 1. The fraction of sp³-hybridized carbons (Fsp3) is 0.303. The first-order valence-electron chi connectivity index (χ1n) is 14.7. The number of H-pyrrole nitrogens is 1. The molecule has 0 saturated heterocycles. The Hall–Kier alpha value is -4.14. The Morgan fingerprint density at radius 1 is 0.881 bits per heavy atom. The standard InChI is InChI=1S/C33H29ClN6O2/c34-26-16-8-6-15-25(26)28(32-36-37-38-40(32)20-10-2-1-3-11-20)39-19-18-22-21-12-7-9-17-27(21)35-29(22)33(39)30(41)23-13-4-5-14-24(23)31(33)42/h4-9,12-17,20,28,35H,1-3,10-11,18-19H2. The Bertz CT molecular complexity index is 1830. The van der Waals surface area contributed by atoms with Crippen LogP contribution in [0.5, 0.6) is 0 Å². The molecule has 3 aliphatic rings. The third kappa shape index (κ3) is 3.48. The molecule has 2 aromatic heterocycles. The molecule has 3 aromatic carbocycles. The maximum Gasteiger partial charge on any atom is 0.197 e. The molecule has 3 heterocycles. The third-order valence-electron chi connectivity index (χ3n) is 9.48. The maximum absolute atomic E-state index is 14.8. The number of ketones is 2. The zero-order valence-electron chi connectivity index (χ0n) is 23.0. The number of aromatic nitrogens is 5. The number of nitrogens with zero attached hydrogens (tertiary/aromatic N) is 5. The Morgan fingerprint density at radius 3 is 2.33 bits per heavy atom. The first-order chi connectivity index (χ1) is 20.6. The second kappa shape index (κ2) is 9.71. The first kappa shape index (κ1) is 25.6. The minimum Gasteiger partial charge on any atom is -0.356 e.